The Balaban J connectivity index is 2.02. The summed E-state index contributed by atoms with van der Waals surface area (Å²) in [6.07, 6.45) is -0.237. The summed E-state index contributed by atoms with van der Waals surface area (Å²) in [6, 6.07) is 0. The Morgan fingerprint density at radius 3 is 2.18 bits per heavy atom. The van der Waals surface area contributed by atoms with Gasteiger partial charge >= 0.3 is 6.09 Å². The minimum atomic E-state index is -0.453. The van der Waals surface area contributed by atoms with Crippen LogP contribution in [0.25, 0.3) is 0 Å². The molecule has 1 aromatic rings. The summed E-state index contributed by atoms with van der Waals surface area (Å²) >= 11 is 0. The summed E-state index contributed by atoms with van der Waals surface area (Å²) in [5, 5.41) is 0. The van der Waals surface area contributed by atoms with Crippen LogP contribution in [0.2, 0.25) is 0 Å². The Bertz CT molecular complexity index is 558. The first-order valence-electron chi connectivity index (χ1n) is 7.72. The molecule has 1 saturated heterocycles. The van der Waals surface area contributed by atoms with Crippen molar-refractivity contribution in [3.8, 4) is 0 Å². The second kappa shape index (κ2) is 6.10. The number of ether oxygens (including phenoxy) is 1. The quantitative estimate of drug-likeness (QED) is 0.797. The highest BCUT2D eigenvalue weighted by atomic mass is 16.6. The number of nitrogens with zero attached hydrogens (tertiary/aromatic N) is 4. The lowest BCUT2D eigenvalue weighted by molar-refractivity contribution is 0.0240. The number of hydrogen-bond acceptors (Lipinski definition) is 5. The molecule has 0 radical (unpaired) electrons. The smallest absolute Gasteiger partial charge is 0.410 e. The van der Waals surface area contributed by atoms with Crippen LogP contribution in [0, 0.1) is 20.8 Å². The van der Waals surface area contributed by atoms with Gasteiger partial charge in [-0.3, -0.25) is 0 Å². The van der Waals surface area contributed by atoms with Gasteiger partial charge in [-0.1, -0.05) is 0 Å². The third-order valence-electron chi connectivity index (χ3n) is 3.71. The molecule has 0 unspecified atom stereocenters. The van der Waals surface area contributed by atoms with Crippen molar-refractivity contribution in [2.24, 2.45) is 0 Å². The Morgan fingerprint density at radius 1 is 1.05 bits per heavy atom. The topological polar surface area (TPSA) is 58.6 Å². The number of anilines is 1. The summed E-state index contributed by atoms with van der Waals surface area (Å²) in [7, 11) is 0. The van der Waals surface area contributed by atoms with Crippen LogP contribution >= 0.6 is 0 Å². The van der Waals surface area contributed by atoms with E-state index in [1.54, 1.807) is 4.90 Å². The van der Waals surface area contributed by atoms with Gasteiger partial charge in [0.25, 0.3) is 0 Å². The fourth-order valence-electron chi connectivity index (χ4n) is 2.49. The molecule has 0 spiro atoms. The van der Waals surface area contributed by atoms with Crippen LogP contribution < -0.4 is 4.90 Å². The van der Waals surface area contributed by atoms with Gasteiger partial charge in [0.2, 0.25) is 0 Å². The lowest BCUT2D eigenvalue weighted by atomic mass is 10.2. The van der Waals surface area contributed by atoms with Crippen molar-refractivity contribution in [2.75, 3.05) is 31.1 Å². The van der Waals surface area contributed by atoms with E-state index >= 15 is 0 Å². The normalized spacial score (nSPS) is 15.9. The van der Waals surface area contributed by atoms with Crippen molar-refractivity contribution >= 4 is 11.9 Å². The van der Waals surface area contributed by atoms with E-state index in [0.717, 1.165) is 36.0 Å². The van der Waals surface area contributed by atoms with Gasteiger partial charge in [0, 0.05) is 37.4 Å². The van der Waals surface area contributed by atoms with Crippen LogP contribution in [0.3, 0.4) is 0 Å². The number of carbonyl (C=O) groups is 1. The molecule has 0 aromatic carbocycles. The number of amides is 1. The molecule has 0 aliphatic carbocycles. The molecule has 0 bridgehead atoms. The third kappa shape index (κ3) is 3.87. The van der Waals surface area contributed by atoms with Crippen LogP contribution in [0.15, 0.2) is 0 Å². The molecule has 6 heteroatoms. The minimum absolute atomic E-state index is 0.237. The molecular formula is C16H26N4O2. The molecule has 6 nitrogen and oxygen atoms in total. The highest BCUT2D eigenvalue weighted by Gasteiger charge is 2.27. The summed E-state index contributed by atoms with van der Waals surface area (Å²) in [5.41, 5.74) is 1.67. The SMILES string of the molecule is Cc1nc(C)c(C)c(N2CCN(C(=O)OC(C)(C)C)CC2)n1. The van der Waals surface area contributed by atoms with Gasteiger partial charge in [0.15, 0.2) is 0 Å². The molecule has 0 saturated carbocycles. The molecule has 0 atom stereocenters. The molecule has 1 aliphatic heterocycles. The number of aromatic nitrogens is 2. The van der Waals surface area contributed by atoms with Crippen LogP contribution in [0.4, 0.5) is 10.6 Å². The van der Waals surface area contributed by atoms with Crippen molar-refractivity contribution in [1.29, 1.82) is 0 Å². The van der Waals surface area contributed by atoms with E-state index in [9.17, 15) is 4.79 Å². The number of aryl methyl sites for hydroxylation is 2. The first kappa shape index (κ1) is 16.5. The lowest BCUT2D eigenvalue weighted by Gasteiger charge is -2.36. The first-order valence-corrected chi connectivity index (χ1v) is 7.72. The van der Waals surface area contributed by atoms with Gasteiger partial charge in [-0.05, 0) is 41.5 Å². The van der Waals surface area contributed by atoms with Gasteiger partial charge in [-0.25, -0.2) is 14.8 Å². The standard InChI is InChI=1S/C16H26N4O2/c1-11-12(2)17-13(3)18-14(11)19-7-9-20(10-8-19)15(21)22-16(4,5)6/h7-10H2,1-6H3. The largest absolute Gasteiger partial charge is 0.444 e. The van der Waals surface area contributed by atoms with E-state index in [-0.39, 0.29) is 6.09 Å². The van der Waals surface area contributed by atoms with E-state index < -0.39 is 5.60 Å². The van der Waals surface area contributed by atoms with Gasteiger partial charge in [-0.15, -0.1) is 0 Å². The minimum Gasteiger partial charge on any atom is -0.444 e. The third-order valence-corrected chi connectivity index (χ3v) is 3.71. The van der Waals surface area contributed by atoms with E-state index in [4.69, 9.17) is 4.74 Å². The average molecular weight is 306 g/mol. The zero-order valence-corrected chi connectivity index (χ0v) is 14.4. The zero-order chi connectivity index (χ0) is 16.5. The average Bonchev–Trinajstić information content (AvgIpc) is 2.41. The van der Waals surface area contributed by atoms with E-state index in [1.165, 1.54) is 0 Å². The van der Waals surface area contributed by atoms with Crippen molar-refractivity contribution in [2.45, 2.75) is 47.1 Å². The number of hydrogen-bond donors (Lipinski definition) is 0. The molecule has 1 amide bonds. The highest BCUT2D eigenvalue weighted by molar-refractivity contribution is 5.68. The van der Waals surface area contributed by atoms with Gasteiger partial charge in [0.1, 0.15) is 17.2 Å². The van der Waals surface area contributed by atoms with Crippen molar-refractivity contribution in [3.63, 3.8) is 0 Å². The predicted octanol–water partition coefficient (Wildman–Crippen LogP) is 2.46. The summed E-state index contributed by atoms with van der Waals surface area (Å²) in [5.74, 6) is 1.77. The maximum Gasteiger partial charge on any atom is 0.410 e. The summed E-state index contributed by atoms with van der Waals surface area (Å²) < 4.78 is 5.42. The predicted molar refractivity (Wildman–Crippen MR) is 86.3 cm³/mol. The maximum atomic E-state index is 12.1. The number of rotatable bonds is 1. The van der Waals surface area contributed by atoms with Gasteiger partial charge < -0.3 is 14.5 Å². The molecular weight excluding hydrogens is 280 g/mol. The van der Waals surface area contributed by atoms with E-state index in [2.05, 4.69) is 14.9 Å². The zero-order valence-electron chi connectivity index (χ0n) is 14.4. The first-order chi connectivity index (χ1) is 10.2. The van der Waals surface area contributed by atoms with Crippen molar-refractivity contribution < 1.29 is 9.53 Å². The Labute approximate surface area is 132 Å². The van der Waals surface area contributed by atoms with E-state index in [0.29, 0.717) is 13.1 Å². The van der Waals surface area contributed by atoms with Crippen molar-refractivity contribution in [1.82, 2.24) is 14.9 Å². The van der Waals surface area contributed by atoms with Crippen LogP contribution in [0.1, 0.15) is 37.9 Å². The molecule has 22 heavy (non-hydrogen) atoms. The number of carbonyl (C=O) groups excluding carboxylic acids is 1. The fraction of sp³-hybridized carbons (Fsp3) is 0.688. The van der Waals surface area contributed by atoms with Crippen LogP contribution in [-0.2, 0) is 4.74 Å². The second-order valence-corrected chi connectivity index (χ2v) is 6.76. The summed E-state index contributed by atoms with van der Waals surface area (Å²) in [6.45, 7) is 14.4. The van der Waals surface area contributed by atoms with Gasteiger partial charge in [0.05, 0.1) is 0 Å². The van der Waals surface area contributed by atoms with E-state index in [1.807, 2.05) is 41.5 Å². The Morgan fingerprint density at radius 2 is 1.64 bits per heavy atom. The molecule has 0 N–H and O–H groups in total. The van der Waals surface area contributed by atoms with Crippen LogP contribution in [-0.4, -0.2) is 52.7 Å². The molecule has 1 fully saturated rings. The maximum absolute atomic E-state index is 12.1. The molecule has 2 rings (SSSR count). The second-order valence-electron chi connectivity index (χ2n) is 6.76. The molecule has 1 aliphatic rings. The Hall–Kier alpha value is -1.85. The molecule has 2 heterocycles. The monoisotopic (exact) mass is 306 g/mol. The highest BCUT2D eigenvalue weighted by Crippen LogP contribution is 2.21. The number of piperazine rings is 1. The van der Waals surface area contributed by atoms with Crippen LogP contribution in [0.5, 0.6) is 0 Å². The van der Waals surface area contributed by atoms with Gasteiger partial charge in [-0.2, -0.15) is 0 Å². The van der Waals surface area contributed by atoms with Crippen molar-refractivity contribution in [3.05, 3.63) is 17.1 Å². The molecule has 122 valence electrons. The fourth-order valence-corrected chi connectivity index (χ4v) is 2.49. The molecule has 1 aromatic heterocycles. The summed E-state index contributed by atoms with van der Waals surface area (Å²) in [4.78, 5) is 25.0. The Kier molecular flexibility index (Phi) is 4.58. The lowest BCUT2D eigenvalue weighted by Crippen LogP contribution is -2.50.